The molecule has 2 aliphatic rings. The highest BCUT2D eigenvalue weighted by Crippen LogP contribution is 2.44. The van der Waals surface area contributed by atoms with E-state index >= 15 is 0 Å². The third-order valence-electron chi connectivity index (χ3n) is 2.90. The molecular weight excluding hydrogens is 130 g/mol. The van der Waals surface area contributed by atoms with E-state index < -0.39 is 11.5 Å². The summed E-state index contributed by atoms with van der Waals surface area (Å²) in [5, 5.41) is 11.9. The summed E-state index contributed by atoms with van der Waals surface area (Å²) < 4.78 is 0. The van der Waals surface area contributed by atoms with Crippen molar-refractivity contribution in [2.45, 2.75) is 24.8 Å². The van der Waals surface area contributed by atoms with E-state index in [9.17, 15) is 4.79 Å². The Morgan fingerprint density at radius 2 is 2.40 bits per heavy atom. The molecule has 2 atom stereocenters. The fourth-order valence-corrected chi connectivity index (χ4v) is 2.09. The van der Waals surface area contributed by atoms with Gasteiger partial charge in [-0.05, 0) is 31.7 Å². The van der Waals surface area contributed by atoms with E-state index in [4.69, 9.17) is 5.11 Å². The second kappa shape index (κ2) is 1.72. The fourth-order valence-electron chi connectivity index (χ4n) is 2.09. The van der Waals surface area contributed by atoms with Crippen molar-refractivity contribution < 1.29 is 9.90 Å². The van der Waals surface area contributed by atoms with Crippen LogP contribution in [0, 0.1) is 5.92 Å². The molecule has 1 aliphatic carbocycles. The molecule has 0 aromatic rings. The van der Waals surface area contributed by atoms with Crippen LogP contribution in [0.3, 0.4) is 0 Å². The molecule has 0 bridgehead atoms. The summed E-state index contributed by atoms with van der Waals surface area (Å²) in [6, 6.07) is 0. The molecule has 0 aromatic heterocycles. The van der Waals surface area contributed by atoms with Gasteiger partial charge in [0.25, 0.3) is 0 Å². The molecule has 10 heavy (non-hydrogen) atoms. The van der Waals surface area contributed by atoms with Crippen LogP contribution >= 0.6 is 0 Å². The van der Waals surface area contributed by atoms with Gasteiger partial charge in [0, 0.05) is 0 Å². The first kappa shape index (κ1) is 6.16. The van der Waals surface area contributed by atoms with E-state index in [1.54, 1.807) is 0 Å². The van der Waals surface area contributed by atoms with Crippen molar-refractivity contribution >= 4 is 5.97 Å². The fraction of sp³-hybridized carbons (Fsp3) is 0.857. The van der Waals surface area contributed by atoms with Crippen LogP contribution in [0.2, 0.25) is 0 Å². The summed E-state index contributed by atoms with van der Waals surface area (Å²) in [7, 11) is 0. The number of hydrogen-bond acceptors (Lipinski definition) is 2. The van der Waals surface area contributed by atoms with Crippen LogP contribution in [0.15, 0.2) is 0 Å². The third-order valence-corrected chi connectivity index (χ3v) is 2.90. The van der Waals surface area contributed by atoms with Gasteiger partial charge < -0.3 is 10.4 Å². The Labute approximate surface area is 59.4 Å². The maximum Gasteiger partial charge on any atom is 0.324 e. The number of rotatable bonds is 1. The van der Waals surface area contributed by atoms with E-state index in [1.165, 1.54) is 0 Å². The molecule has 3 heteroatoms. The van der Waals surface area contributed by atoms with Gasteiger partial charge in [-0.25, -0.2) is 0 Å². The molecule has 56 valence electrons. The number of carboxylic acid groups (broad SMARTS) is 1. The average Bonchev–Trinajstić information content (AvgIpc) is 2.09. The minimum Gasteiger partial charge on any atom is -0.480 e. The van der Waals surface area contributed by atoms with Gasteiger partial charge in [-0.1, -0.05) is 0 Å². The number of hydrogen-bond donors (Lipinski definition) is 2. The van der Waals surface area contributed by atoms with E-state index in [0.29, 0.717) is 5.92 Å². The van der Waals surface area contributed by atoms with Gasteiger partial charge in [0.15, 0.2) is 0 Å². The van der Waals surface area contributed by atoms with Crippen LogP contribution in [0.4, 0.5) is 0 Å². The summed E-state index contributed by atoms with van der Waals surface area (Å²) in [4.78, 5) is 10.7. The van der Waals surface area contributed by atoms with Crippen LogP contribution in [-0.4, -0.2) is 23.2 Å². The normalized spacial score (nSPS) is 44.2. The van der Waals surface area contributed by atoms with Gasteiger partial charge >= 0.3 is 5.97 Å². The summed E-state index contributed by atoms with van der Waals surface area (Å²) >= 11 is 0. The largest absolute Gasteiger partial charge is 0.480 e. The zero-order valence-electron chi connectivity index (χ0n) is 5.76. The molecule has 1 saturated heterocycles. The second-order valence-electron chi connectivity index (χ2n) is 3.23. The summed E-state index contributed by atoms with van der Waals surface area (Å²) in [6.45, 7) is 0.886. The average molecular weight is 141 g/mol. The van der Waals surface area contributed by atoms with Gasteiger partial charge in [0.1, 0.15) is 5.54 Å². The van der Waals surface area contributed by atoms with Gasteiger partial charge in [0.05, 0.1) is 0 Å². The van der Waals surface area contributed by atoms with E-state index in [2.05, 4.69) is 5.32 Å². The number of aliphatic carboxylic acids is 1. The number of fused-ring (bicyclic) bond motifs is 1. The lowest BCUT2D eigenvalue weighted by Gasteiger charge is -2.40. The quantitative estimate of drug-likeness (QED) is 0.549. The smallest absolute Gasteiger partial charge is 0.324 e. The lowest BCUT2D eigenvalue weighted by molar-refractivity contribution is -0.150. The van der Waals surface area contributed by atoms with Crippen molar-refractivity contribution in [2.24, 2.45) is 5.92 Å². The number of carboxylic acids is 1. The Bertz CT molecular complexity index is 180. The third kappa shape index (κ3) is 0.515. The maximum absolute atomic E-state index is 10.7. The first-order chi connectivity index (χ1) is 4.76. The van der Waals surface area contributed by atoms with E-state index in [0.717, 1.165) is 25.8 Å². The Hall–Kier alpha value is -0.570. The van der Waals surface area contributed by atoms with Gasteiger partial charge in [-0.15, -0.1) is 0 Å². The molecular formula is C7H11NO2. The molecule has 0 radical (unpaired) electrons. The number of carbonyl (C=O) groups is 1. The molecule has 1 saturated carbocycles. The Morgan fingerprint density at radius 3 is 2.70 bits per heavy atom. The number of nitrogens with one attached hydrogen (secondary N) is 1. The van der Waals surface area contributed by atoms with E-state index in [1.807, 2.05) is 0 Å². The maximum atomic E-state index is 10.7. The predicted molar refractivity (Wildman–Crippen MR) is 35.7 cm³/mol. The molecule has 2 fully saturated rings. The van der Waals surface area contributed by atoms with Gasteiger partial charge in [0.2, 0.25) is 0 Å². The van der Waals surface area contributed by atoms with Crippen LogP contribution in [-0.2, 0) is 4.79 Å². The lowest BCUT2D eigenvalue weighted by Crippen LogP contribution is -2.58. The summed E-state index contributed by atoms with van der Waals surface area (Å²) in [5.41, 5.74) is -0.500. The van der Waals surface area contributed by atoms with E-state index in [-0.39, 0.29) is 0 Å². The van der Waals surface area contributed by atoms with Crippen molar-refractivity contribution in [3.8, 4) is 0 Å². The van der Waals surface area contributed by atoms with Gasteiger partial charge in [-0.3, -0.25) is 4.79 Å². The van der Waals surface area contributed by atoms with Gasteiger partial charge in [-0.2, -0.15) is 0 Å². The van der Waals surface area contributed by atoms with Crippen LogP contribution in [0.1, 0.15) is 19.3 Å². The Morgan fingerprint density at radius 1 is 1.60 bits per heavy atom. The zero-order chi connectivity index (χ0) is 7.19. The molecule has 0 spiro atoms. The molecule has 3 nitrogen and oxygen atoms in total. The molecule has 0 amide bonds. The van der Waals surface area contributed by atoms with Crippen molar-refractivity contribution in [2.75, 3.05) is 6.54 Å². The minimum absolute atomic E-state index is 0.421. The molecule has 2 N–H and O–H groups in total. The minimum atomic E-state index is -0.652. The molecule has 0 unspecified atom stereocenters. The molecule has 1 heterocycles. The Kier molecular flexibility index (Phi) is 1.06. The molecule has 2 rings (SSSR count). The van der Waals surface area contributed by atoms with Crippen molar-refractivity contribution in [1.82, 2.24) is 5.32 Å². The second-order valence-corrected chi connectivity index (χ2v) is 3.23. The first-order valence-electron chi connectivity index (χ1n) is 3.74. The monoisotopic (exact) mass is 141 g/mol. The standard InChI is InChI=1S/C7H11NO2/c9-6(10)7-3-1-5(7)2-4-8-7/h5,8H,1-4H2,(H,9,10)/t5-,7-/m0/s1. The Balaban J connectivity index is 2.21. The topological polar surface area (TPSA) is 49.3 Å². The molecule has 1 aliphatic heterocycles. The van der Waals surface area contributed by atoms with Crippen LogP contribution < -0.4 is 5.32 Å². The van der Waals surface area contributed by atoms with Crippen LogP contribution in [0.5, 0.6) is 0 Å². The highest BCUT2D eigenvalue weighted by atomic mass is 16.4. The SMILES string of the molecule is O=C(O)[C@]12CC[C@H]1CCN2. The highest BCUT2D eigenvalue weighted by molar-refractivity contribution is 5.81. The predicted octanol–water partition coefficient (Wildman–Crippen LogP) is 0.213. The first-order valence-corrected chi connectivity index (χ1v) is 3.74. The summed E-state index contributed by atoms with van der Waals surface area (Å²) in [5.74, 6) is -0.230. The molecule has 0 aromatic carbocycles. The highest BCUT2D eigenvalue weighted by Gasteiger charge is 2.55. The summed E-state index contributed by atoms with van der Waals surface area (Å²) in [6.07, 6.45) is 2.97. The zero-order valence-corrected chi connectivity index (χ0v) is 5.76. The lowest BCUT2D eigenvalue weighted by atomic mass is 9.68. The van der Waals surface area contributed by atoms with Crippen LogP contribution in [0.25, 0.3) is 0 Å². The van der Waals surface area contributed by atoms with Crippen molar-refractivity contribution in [1.29, 1.82) is 0 Å². The van der Waals surface area contributed by atoms with Crippen molar-refractivity contribution in [3.05, 3.63) is 0 Å². The van der Waals surface area contributed by atoms with Crippen molar-refractivity contribution in [3.63, 3.8) is 0 Å².